The molecule has 160 valence electrons. The van der Waals surface area contributed by atoms with Crippen LogP contribution in [-0.4, -0.2) is 18.7 Å². The van der Waals surface area contributed by atoms with Gasteiger partial charge in [-0.1, -0.05) is 52.3 Å². The summed E-state index contributed by atoms with van der Waals surface area (Å²) in [5, 5.41) is 4.06. The first-order valence-electron chi connectivity index (χ1n) is 9.91. The molecule has 0 saturated carbocycles. The number of carbonyl (C=O) groups is 1. The van der Waals surface area contributed by atoms with E-state index in [2.05, 4.69) is 32.5 Å². The van der Waals surface area contributed by atoms with E-state index in [1.165, 1.54) is 0 Å². The van der Waals surface area contributed by atoms with Gasteiger partial charge in [0.05, 0.1) is 6.21 Å². The molecule has 0 atom stereocenters. The lowest BCUT2D eigenvalue weighted by Crippen LogP contribution is -2.24. The molecule has 0 bridgehead atoms. The fourth-order valence-corrected chi connectivity index (χ4v) is 3.37. The summed E-state index contributed by atoms with van der Waals surface area (Å²) in [4.78, 5) is 12.2. The first-order valence-corrected chi connectivity index (χ1v) is 10.7. The number of hydrogen-bond acceptors (Lipinski definition) is 4. The Bertz CT molecular complexity index is 1080. The van der Waals surface area contributed by atoms with Gasteiger partial charge in [-0.05, 0) is 67.3 Å². The van der Waals surface area contributed by atoms with Crippen molar-refractivity contribution in [3.63, 3.8) is 0 Å². The summed E-state index contributed by atoms with van der Waals surface area (Å²) in [5.41, 5.74) is 7.57. The Balaban J connectivity index is 1.58. The topological polar surface area (TPSA) is 59.9 Å². The van der Waals surface area contributed by atoms with Crippen molar-refractivity contribution < 1.29 is 14.3 Å². The largest absolute Gasteiger partial charge is 0.488 e. The summed E-state index contributed by atoms with van der Waals surface area (Å²) in [6.07, 6.45) is 1.56. The summed E-state index contributed by atoms with van der Waals surface area (Å²) in [7, 11) is 0. The molecule has 0 aromatic heterocycles. The second-order valence-electron chi connectivity index (χ2n) is 7.24. The molecule has 0 unspecified atom stereocenters. The molecule has 5 nitrogen and oxygen atoms in total. The number of nitrogens with zero attached hydrogens (tertiary/aromatic N) is 1. The molecule has 3 aromatic carbocycles. The summed E-state index contributed by atoms with van der Waals surface area (Å²) < 4.78 is 12.5. The molecular formula is C25H25BrN2O3. The van der Waals surface area contributed by atoms with Crippen molar-refractivity contribution >= 4 is 28.1 Å². The summed E-state index contributed by atoms with van der Waals surface area (Å²) in [6, 6.07) is 19.6. The number of rotatable bonds is 8. The van der Waals surface area contributed by atoms with Crippen LogP contribution in [0.5, 0.6) is 11.5 Å². The van der Waals surface area contributed by atoms with E-state index in [9.17, 15) is 4.79 Å². The van der Waals surface area contributed by atoms with Crippen LogP contribution in [0.4, 0.5) is 0 Å². The lowest BCUT2D eigenvalue weighted by molar-refractivity contribution is -0.123. The smallest absolute Gasteiger partial charge is 0.277 e. The first-order chi connectivity index (χ1) is 14.9. The molecule has 6 heteroatoms. The molecule has 0 saturated heterocycles. The Morgan fingerprint density at radius 2 is 1.77 bits per heavy atom. The summed E-state index contributed by atoms with van der Waals surface area (Å²) in [5.74, 6) is 1.05. The van der Waals surface area contributed by atoms with Gasteiger partial charge in [0.1, 0.15) is 18.1 Å². The van der Waals surface area contributed by atoms with Gasteiger partial charge in [-0.25, -0.2) is 5.43 Å². The number of hydrazone groups is 1. The van der Waals surface area contributed by atoms with E-state index in [1.54, 1.807) is 6.21 Å². The zero-order valence-electron chi connectivity index (χ0n) is 17.8. The highest BCUT2D eigenvalue weighted by Crippen LogP contribution is 2.24. The zero-order chi connectivity index (χ0) is 22.2. The molecule has 0 aliphatic rings. The molecule has 0 fully saturated rings. The van der Waals surface area contributed by atoms with E-state index < -0.39 is 0 Å². The minimum atomic E-state index is -0.337. The van der Waals surface area contributed by atoms with E-state index in [4.69, 9.17) is 9.47 Å². The molecule has 0 heterocycles. The van der Waals surface area contributed by atoms with Gasteiger partial charge in [0.15, 0.2) is 6.61 Å². The molecule has 0 aliphatic carbocycles. The van der Waals surface area contributed by atoms with Gasteiger partial charge in [0.25, 0.3) is 5.91 Å². The third kappa shape index (κ3) is 6.69. The fraction of sp³-hybridized carbons (Fsp3) is 0.200. The van der Waals surface area contributed by atoms with Crippen LogP contribution in [0.15, 0.2) is 70.2 Å². The Morgan fingerprint density at radius 3 is 2.55 bits per heavy atom. The first kappa shape index (κ1) is 22.6. The van der Waals surface area contributed by atoms with E-state index in [0.717, 1.165) is 32.3 Å². The van der Waals surface area contributed by atoms with Crippen LogP contribution in [0.1, 0.15) is 27.8 Å². The maximum Gasteiger partial charge on any atom is 0.277 e. The number of halogens is 1. The molecule has 3 aromatic rings. The van der Waals surface area contributed by atoms with Gasteiger partial charge >= 0.3 is 0 Å². The van der Waals surface area contributed by atoms with Crippen molar-refractivity contribution in [2.45, 2.75) is 27.4 Å². The number of carbonyl (C=O) groups excluding carboxylic acids is 1. The van der Waals surface area contributed by atoms with Crippen LogP contribution in [-0.2, 0) is 11.4 Å². The zero-order valence-corrected chi connectivity index (χ0v) is 19.4. The highest BCUT2D eigenvalue weighted by molar-refractivity contribution is 9.10. The van der Waals surface area contributed by atoms with Crippen molar-refractivity contribution in [1.82, 2.24) is 5.43 Å². The van der Waals surface area contributed by atoms with Crippen LogP contribution < -0.4 is 14.9 Å². The van der Waals surface area contributed by atoms with Crippen LogP contribution in [0.25, 0.3) is 0 Å². The minimum absolute atomic E-state index is 0.114. The van der Waals surface area contributed by atoms with E-state index in [-0.39, 0.29) is 12.5 Å². The van der Waals surface area contributed by atoms with Crippen LogP contribution in [0.3, 0.4) is 0 Å². The standard InChI is InChI=1S/C25H25BrN2O3/c1-17-11-18(2)19(3)24(12-17)31-16-25(29)28-27-14-21-13-22(26)9-10-23(21)30-15-20-7-5-4-6-8-20/h4-14H,15-16H2,1-3H3,(H,28,29)/b27-14+. The monoisotopic (exact) mass is 480 g/mol. The molecule has 0 spiro atoms. The van der Waals surface area contributed by atoms with Crippen molar-refractivity contribution in [3.05, 3.63) is 93.0 Å². The van der Waals surface area contributed by atoms with Gasteiger partial charge in [-0.2, -0.15) is 5.10 Å². The Kier molecular flexibility index (Phi) is 7.84. The highest BCUT2D eigenvalue weighted by Gasteiger charge is 2.08. The van der Waals surface area contributed by atoms with Gasteiger partial charge in [0, 0.05) is 10.0 Å². The van der Waals surface area contributed by atoms with E-state index >= 15 is 0 Å². The van der Waals surface area contributed by atoms with Crippen molar-refractivity contribution in [2.75, 3.05) is 6.61 Å². The van der Waals surface area contributed by atoms with E-state index in [0.29, 0.717) is 18.1 Å². The normalized spacial score (nSPS) is 10.8. The maximum absolute atomic E-state index is 12.2. The van der Waals surface area contributed by atoms with Crippen LogP contribution in [0.2, 0.25) is 0 Å². The predicted molar refractivity (Wildman–Crippen MR) is 127 cm³/mol. The fourth-order valence-electron chi connectivity index (χ4n) is 2.99. The Labute approximate surface area is 191 Å². The lowest BCUT2D eigenvalue weighted by atomic mass is 10.1. The molecule has 31 heavy (non-hydrogen) atoms. The summed E-state index contributed by atoms with van der Waals surface area (Å²) in [6.45, 7) is 6.33. The van der Waals surface area contributed by atoms with Gasteiger partial charge < -0.3 is 9.47 Å². The minimum Gasteiger partial charge on any atom is -0.488 e. The number of aryl methyl sites for hydroxylation is 2. The van der Waals surface area contributed by atoms with Crippen molar-refractivity contribution in [1.29, 1.82) is 0 Å². The third-order valence-electron chi connectivity index (χ3n) is 4.72. The molecule has 0 aliphatic heterocycles. The Hall–Kier alpha value is -3.12. The van der Waals surface area contributed by atoms with Crippen LogP contribution >= 0.6 is 15.9 Å². The molecule has 0 radical (unpaired) electrons. The van der Waals surface area contributed by atoms with Gasteiger partial charge in [-0.15, -0.1) is 0 Å². The molecule has 3 rings (SSSR count). The number of benzene rings is 3. The number of hydrogen-bond donors (Lipinski definition) is 1. The third-order valence-corrected chi connectivity index (χ3v) is 5.22. The van der Waals surface area contributed by atoms with Crippen molar-refractivity contribution in [2.24, 2.45) is 5.10 Å². The second-order valence-corrected chi connectivity index (χ2v) is 8.16. The van der Waals surface area contributed by atoms with E-state index in [1.807, 2.05) is 75.4 Å². The Morgan fingerprint density at radius 1 is 1.00 bits per heavy atom. The quantitative estimate of drug-likeness (QED) is 0.342. The SMILES string of the molecule is Cc1cc(C)c(C)c(OCC(=O)N/N=C/c2cc(Br)ccc2OCc2ccccc2)c1. The number of amides is 1. The molecular weight excluding hydrogens is 456 g/mol. The lowest BCUT2D eigenvalue weighted by Gasteiger charge is -2.11. The molecule has 1 amide bonds. The second kappa shape index (κ2) is 10.8. The summed E-state index contributed by atoms with van der Waals surface area (Å²) >= 11 is 3.46. The number of ether oxygens (including phenoxy) is 2. The predicted octanol–water partition coefficient (Wildman–Crippen LogP) is 5.48. The van der Waals surface area contributed by atoms with Crippen molar-refractivity contribution in [3.8, 4) is 11.5 Å². The average molecular weight is 481 g/mol. The average Bonchev–Trinajstić information content (AvgIpc) is 2.75. The van der Waals surface area contributed by atoms with Crippen LogP contribution in [0, 0.1) is 20.8 Å². The van der Waals surface area contributed by atoms with Gasteiger partial charge in [0.2, 0.25) is 0 Å². The number of nitrogens with one attached hydrogen (secondary N) is 1. The van der Waals surface area contributed by atoms with Gasteiger partial charge in [-0.3, -0.25) is 4.79 Å². The molecule has 1 N–H and O–H groups in total. The highest BCUT2D eigenvalue weighted by atomic mass is 79.9. The maximum atomic E-state index is 12.2.